The van der Waals surface area contributed by atoms with E-state index in [1.54, 1.807) is 6.92 Å². The van der Waals surface area contributed by atoms with E-state index < -0.39 is 0 Å². The Bertz CT molecular complexity index is 1230. The Morgan fingerprint density at radius 2 is 2.03 bits per heavy atom. The average Bonchev–Trinajstić information content (AvgIpc) is 3.15. The van der Waals surface area contributed by atoms with Crippen molar-refractivity contribution in [1.82, 2.24) is 19.7 Å². The predicted molar refractivity (Wildman–Crippen MR) is 127 cm³/mol. The summed E-state index contributed by atoms with van der Waals surface area (Å²) in [7, 11) is 0. The summed E-state index contributed by atoms with van der Waals surface area (Å²) in [4.78, 5) is 20.9. The van der Waals surface area contributed by atoms with Crippen molar-refractivity contribution in [1.29, 1.82) is 0 Å². The largest absolute Gasteiger partial charge is 0.377 e. The molecule has 0 atom stereocenters. The Hall–Kier alpha value is -3.19. The number of amides is 1. The van der Waals surface area contributed by atoms with Gasteiger partial charge in [0.25, 0.3) is 0 Å². The number of hydrogen-bond donors (Lipinski definition) is 0. The van der Waals surface area contributed by atoms with Gasteiger partial charge in [0.05, 0.1) is 25.8 Å². The van der Waals surface area contributed by atoms with E-state index in [1.807, 2.05) is 17.2 Å². The number of pyridine rings is 1. The third-order valence-electron chi connectivity index (χ3n) is 7.25. The Kier molecular flexibility index (Phi) is 4.94. The van der Waals surface area contributed by atoms with Gasteiger partial charge in [-0.1, -0.05) is 12.1 Å². The maximum atomic E-state index is 12.2. The van der Waals surface area contributed by atoms with Gasteiger partial charge in [-0.05, 0) is 49.1 Å². The molecule has 0 radical (unpaired) electrons. The molecular weight excluding hydrogens is 414 g/mol. The Morgan fingerprint density at radius 3 is 2.79 bits per heavy atom. The van der Waals surface area contributed by atoms with E-state index in [-0.39, 0.29) is 5.91 Å². The summed E-state index contributed by atoms with van der Waals surface area (Å²) in [5, 5.41) is 5.14. The molecule has 0 unspecified atom stereocenters. The second kappa shape index (κ2) is 7.99. The van der Waals surface area contributed by atoms with Crippen molar-refractivity contribution in [2.24, 2.45) is 0 Å². The zero-order chi connectivity index (χ0) is 22.5. The van der Waals surface area contributed by atoms with Crippen molar-refractivity contribution in [2.75, 3.05) is 31.2 Å². The van der Waals surface area contributed by atoms with Gasteiger partial charge in [0.2, 0.25) is 5.91 Å². The summed E-state index contributed by atoms with van der Waals surface area (Å²) in [6, 6.07) is 11.2. The van der Waals surface area contributed by atoms with Gasteiger partial charge < -0.3 is 14.5 Å². The summed E-state index contributed by atoms with van der Waals surface area (Å²) >= 11 is 0. The predicted octanol–water partition coefficient (Wildman–Crippen LogP) is 3.81. The van der Waals surface area contributed by atoms with Crippen LogP contribution in [0.4, 0.5) is 11.5 Å². The lowest BCUT2D eigenvalue weighted by Crippen LogP contribution is -2.37. The number of hydrogen-bond acceptors (Lipinski definition) is 5. The molecule has 7 heteroatoms. The van der Waals surface area contributed by atoms with E-state index in [4.69, 9.17) is 9.84 Å². The first-order valence-electron chi connectivity index (χ1n) is 11.9. The highest BCUT2D eigenvalue weighted by Gasteiger charge is 2.34. The monoisotopic (exact) mass is 443 g/mol. The molecule has 6 rings (SSSR count). The number of anilines is 2. The van der Waals surface area contributed by atoms with Crippen LogP contribution in [0.3, 0.4) is 0 Å². The molecule has 0 N–H and O–H groups in total. The molecule has 1 saturated heterocycles. The summed E-state index contributed by atoms with van der Waals surface area (Å²) < 4.78 is 7.66. The SMILES string of the molecule is CC(=O)N1CCc2c(c(N3CCCc4cc(-c5cccnc5C)ccc43)nn2C2COC2)C1. The molecule has 1 aromatic carbocycles. The van der Waals surface area contributed by atoms with Crippen LogP contribution in [0.1, 0.15) is 41.9 Å². The Morgan fingerprint density at radius 1 is 1.15 bits per heavy atom. The van der Waals surface area contributed by atoms with Crippen molar-refractivity contribution in [3.8, 4) is 11.1 Å². The molecule has 3 aromatic rings. The quantitative estimate of drug-likeness (QED) is 0.616. The van der Waals surface area contributed by atoms with Crippen molar-refractivity contribution in [3.05, 3.63) is 59.0 Å². The van der Waals surface area contributed by atoms with Crippen LogP contribution in [0.2, 0.25) is 0 Å². The molecule has 3 aliphatic rings. The van der Waals surface area contributed by atoms with E-state index in [0.717, 1.165) is 43.9 Å². The van der Waals surface area contributed by atoms with Gasteiger partial charge in [-0.15, -0.1) is 0 Å². The van der Waals surface area contributed by atoms with Gasteiger partial charge in [-0.3, -0.25) is 14.5 Å². The van der Waals surface area contributed by atoms with Gasteiger partial charge >= 0.3 is 0 Å². The fraction of sp³-hybridized carbons (Fsp3) is 0.423. The highest BCUT2D eigenvalue weighted by Crippen LogP contribution is 2.40. The molecule has 170 valence electrons. The number of nitrogens with zero attached hydrogens (tertiary/aromatic N) is 5. The second-order valence-corrected chi connectivity index (χ2v) is 9.31. The molecular formula is C26H29N5O2. The minimum Gasteiger partial charge on any atom is -0.377 e. The highest BCUT2D eigenvalue weighted by molar-refractivity contribution is 5.76. The van der Waals surface area contributed by atoms with Crippen LogP contribution < -0.4 is 4.90 Å². The van der Waals surface area contributed by atoms with E-state index in [9.17, 15) is 4.79 Å². The number of fused-ring (bicyclic) bond motifs is 2. The number of benzene rings is 1. The molecule has 5 heterocycles. The minimum absolute atomic E-state index is 0.127. The smallest absolute Gasteiger partial charge is 0.219 e. The van der Waals surface area contributed by atoms with Crippen LogP contribution >= 0.6 is 0 Å². The molecule has 0 aliphatic carbocycles. The topological polar surface area (TPSA) is 63.5 Å². The van der Waals surface area contributed by atoms with Gasteiger partial charge in [-0.25, -0.2) is 0 Å². The number of ether oxygens (including phenoxy) is 1. The van der Waals surface area contributed by atoms with Crippen LogP contribution in [0.15, 0.2) is 36.5 Å². The van der Waals surface area contributed by atoms with Crippen molar-refractivity contribution < 1.29 is 9.53 Å². The molecule has 0 spiro atoms. The first-order valence-corrected chi connectivity index (χ1v) is 11.9. The minimum atomic E-state index is 0.127. The number of aryl methyl sites for hydroxylation is 2. The number of carbonyl (C=O) groups is 1. The van der Waals surface area contributed by atoms with E-state index >= 15 is 0 Å². The second-order valence-electron chi connectivity index (χ2n) is 9.31. The third kappa shape index (κ3) is 3.42. The van der Waals surface area contributed by atoms with Gasteiger partial charge in [0, 0.05) is 60.8 Å². The number of carbonyl (C=O) groups excluding carboxylic acids is 1. The van der Waals surface area contributed by atoms with E-state index in [1.165, 1.54) is 33.6 Å². The highest BCUT2D eigenvalue weighted by atomic mass is 16.5. The molecule has 2 aromatic heterocycles. The fourth-order valence-electron chi connectivity index (χ4n) is 5.35. The summed E-state index contributed by atoms with van der Waals surface area (Å²) in [5.74, 6) is 1.14. The summed E-state index contributed by atoms with van der Waals surface area (Å²) in [6.45, 7) is 7.47. The number of aromatic nitrogens is 3. The number of rotatable bonds is 3. The summed E-state index contributed by atoms with van der Waals surface area (Å²) in [6.07, 6.45) is 4.82. The molecule has 3 aliphatic heterocycles. The fourth-order valence-corrected chi connectivity index (χ4v) is 5.35. The van der Waals surface area contributed by atoms with Gasteiger partial charge in [-0.2, -0.15) is 5.10 Å². The van der Waals surface area contributed by atoms with Gasteiger partial charge in [0.15, 0.2) is 5.82 Å². The van der Waals surface area contributed by atoms with Crippen LogP contribution in [0.5, 0.6) is 0 Å². The molecule has 0 bridgehead atoms. The molecule has 7 nitrogen and oxygen atoms in total. The van der Waals surface area contributed by atoms with Crippen LogP contribution in [0, 0.1) is 6.92 Å². The van der Waals surface area contributed by atoms with Crippen molar-refractivity contribution in [2.45, 2.75) is 45.7 Å². The first kappa shape index (κ1) is 20.4. The summed E-state index contributed by atoms with van der Waals surface area (Å²) in [5.41, 5.74) is 8.48. The van der Waals surface area contributed by atoms with Crippen LogP contribution in [-0.2, 0) is 28.9 Å². The molecule has 1 fully saturated rings. The Labute approximate surface area is 194 Å². The van der Waals surface area contributed by atoms with Crippen LogP contribution in [0.25, 0.3) is 11.1 Å². The molecule has 0 saturated carbocycles. The lowest BCUT2D eigenvalue weighted by molar-refractivity contribution is -0.129. The molecule has 1 amide bonds. The van der Waals surface area contributed by atoms with E-state index in [0.29, 0.717) is 25.8 Å². The standard InChI is InChI=1S/C26H29N5O2/c1-17-22(6-3-10-27-17)19-7-8-24-20(13-19)5-4-11-30(24)26-23-14-29(18(2)32)12-9-25(23)31(28-26)21-15-33-16-21/h3,6-8,10,13,21H,4-5,9,11-12,14-16H2,1-2H3. The Balaban J connectivity index is 1.42. The maximum Gasteiger partial charge on any atom is 0.219 e. The maximum absolute atomic E-state index is 12.2. The zero-order valence-electron chi connectivity index (χ0n) is 19.3. The van der Waals surface area contributed by atoms with Gasteiger partial charge in [0.1, 0.15) is 0 Å². The molecule has 33 heavy (non-hydrogen) atoms. The lowest BCUT2D eigenvalue weighted by atomic mass is 9.95. The normalized spacial score (nSPS) is 18.0. The first-order chi connectivity index (χ1) is 16.1. The van der Waals surface area contributed by atoms with Crippen LogP contribution in [-0.4, -0.2) is 51.9 Å². The van der Waals surface area contributed by atoms with Crippen molar-refractivity contribution >= 4 is 17.4 Å². The third-order valence-corrected chi connectivity index (χ3v) is 7.25. The lowest BCUT2D eigenvalue weighted by Gasteiger charge is -2.33. The van der Waals surface area contributed by atoms with Crippen molar-refractivity contribution in [3.63, 3.8) is 0 Å². The van der Waals surface area contributed by atoms with E-state index in [2.05, 4.69) is 45.8 Å². The average molecular weight is 444 g/mol. The zero-order valence-corrected chi connectivity index (χ0v) is 19.3.